The van der Waals surface area contributed by atoms with Crippen molar-refractivity contribution in [2.45, 2.75) is 35.0 Å². The van der Waals surface area contributed by atoms with Gasteiger partial charge in [-0.3, -0.25) is 14.4 Å². The number of esters is 1. The molecule has 38 heavy (non-hydrogen) atoms. The Kier molecular flexibility index (Phi) is 6.61. The molecule has 2 aromatic rings. The summed E-state index contributed by atoms with van der Waals surface area (Å²) in [6, 6.07) is 18.0. The van der Waals surface area contributed by atoms with E-state index in [4.69, 9.17) is 4.74 Å². The SMILES string of the molecule is O=C1OCC=C[C@@H]2S[C@]34C=CCN(Cc5ccccc5)C(=O)C3N([C@@H](CO)Cc3ccccc3)C(=O)[C@@H]4[C@H]12. The van der Waals surface area contributed by atoms with E-state index in [9.17, 15) is 19.5 Å². The first-order valence-electron chi connectivity index (χ1n) is 13.0. The molecule has 1 N–H and O–H groups in total. The Bertz CT molecular complexity index is 1280. The summed E-state index contributed by atoms with van der Waals surface area (Å²) in [5.74, 6) is -2.27. The first-order valence-corrected chi connectivity index (χ1v) is 13.9. The number of likely N-dealkylation sites (tertiary alicyclic amines) is 1. The van der Waals surface area contributed by atoms with Crippen LogP contribution in [0, 0.1) is 11.8 Å². The average Bonchev–Trinajstić information content (AvgIpc) is 3.25. The molecule has 6 atom stereocenters. The summed E-state index contributed by atoms with van der Waals surface area (Å²) in [5, 5.41) is 10.3. The van der Waals surface area contributed by atoms with Gasteiger partial charge in [0.1, 0.15) is 12.6 Å². The van der Waals surface area contributed by atoms with Crippen LogP contribution in [0.25, 0.3) is 0 Å². The van der Waals surface area contributed by atoms with Gasteiger partial charge in [0.15, 0.2) is 0 Å². The second-order valence-corrected chi connectivity index (χ2v) is 11.8. The van der Waals surface area contributed by atoms with Gasteiger partial charge >= 0.3 is 5.97 Å². The van der Waals surface area contributed by atoms with Crippen molar-refractivity contribution in [3.63, 3.8) is 0 Å². The van der Waals surface area contributed by atoms with Gasteiger partial charge in [0, 0.05) is 18.3 Å². The van der Waals surface area contributed by atoms with E-state index in [-0.39, 0.29) is 30.3 Å². The third kappa shape index (κ3) is 4.07. The molecule has 4 heterocycles. The summed E-state index contributed by atoms with van der Waals surface area (Å²) in [5.41, 5.74) is 1.96. The van der Waals surface area contributed by atoms with Crippen LogP contribution in [0.2, 0.25) is 0 Å². The zero-order valence-corrected chi connectivity index (χ0v) is 21.7. The highest BCUT2D eigenvalue weighted by Crippen LogP contribution is 2.61. The second kappa shape index (κ2) is 10.1. The Morgan fingerprint density at radius 2 is 1.68 bits per heavy atom. The zero-order chi connectivity index (χ0) is 26.3. The Morgan fingerprint density at radius 1 is 0.974 bits per heavy atom. The number of amides is 2. The lowest BCUT2D eigenvalue weighted by molar-refractivity contribution is -0.152. The van der Waals surface area contributed by atoms with E-state index in [0.717, 1.165) is 11.1 Å². The number of aliphatic hydroxyl groups excluding tert-OH is 1. The minimum absolute atomic E-state index is 0.164. The molecule has 6 rings (SSSR count). The van der Waals surface area contributed by atoms with Crippen LogP contribution >= 0.6 is 11.8 Å². The number of aliphatic hydroxyl groups is 1. The number of cyclic esters (lactones) is 1. The van der Waals surface area contributed by atoms with Crippen molar-refractivity contribution in [3.05, 3.63) is 96.1 Å². The number of ether oxygens (including phenoxy) is 1. The molecule has 4 aliphatic heterocycles. The van der Waals surface area contributed by atoms with E-state index in [0.29, 0.717) is 19.5 Å². The molecule has 0 radical (unpaired) electrons. The number of hydrogen-bond donors (Lipinski definition) is 1. The highest BCUT2D eigenvalue weighted by molar-refractivity contribution is 8.02. The fraction of sp³-hybridized carbons (Fsp3) is 0.367. The predicted octanol–water partition coefficient (Wildman–Crippen LogP) is 2.60. The third-order valence-electron chi connectivity index (χ3n) is 8.07. The van der Waals surface area contributed by atoms with Crippen LogP contribution in [0.4, 0.5) is 0 Å². The van der Waals surface area contributed by atoms with Crippen LogP contribution < -0.4 is 0 Å². The molecule has 0 aliphatic carbocycles. The molecule has 8 heteroatoms. The topological polar surface area (TPSA) is 87.2 Å². The lowest BCUT2D eigenvalue weighted by Gasteiger charge is -2.38. The minimum atomic E-state index is -0.931. The van der Waals surface area contributed by atoms with E-state index in [1.165, 1.54) is 11.8 Å². The van der Waals surface area contributed by atoms with Crippen molar-refractivity contribution in [1.82, 2.24) is 9.80 Å². The molecule has 2 amide bonds. The van der Waals surface area contributed by atoms with Gasteiger partial charge in [-0.1, -0.05) is 85.0 Å². The predicted molar refractivity (Wildman–Crippen MR) is 144 cm³/mol. The maximum Gasteiger partial charge on any atom is 0.311 e. The summed E-state index contributed by atoms with van der Waals surface area (Å²) in [7, 11) is 0. The molecule has 2 aromatic carbocycles. The van der Waals surface area contributed by atoms with Crippen molar-refractivity contribution in [2.75, 3.05) is 19.8 Å². The van der Waals surface area contributed by atoms with Crippen LogP contribution in [-0.4, -0.2) is 74.5 Å². The van der Waals surface area contributed by atoms with Crippen LogP contribution in [0.15, 0.2) is 85.0 Å². The Morgan fingerprint density at radius 3 is 2.39 bits per heavy atom. The van der Waals surface area contributed by atoms with Gasteiger partial charge in [0.2, 0.25) is 11.8 Å². The van der Waals surface area contributed by atoms with E-state index in [1.54, 1.807) is 9.80 Å². The number of fused-ring (bicyclic) bond motifs is 2. The Balaban J connectivity index is 1.43. The quantitative estimate of drug-likeness (QED) is 0.457. The molecule has 0 aromatic heterocycles. The number of carbonyl (C=O) groups excluding carboxylic acids is 3. The van der Waals surface area contributed by atoms with Crippen LogP contribution in [-0.2, 0) is 32.1 Å². The fourth-order valence-corrected chi connectivity index (χ4v) is 8.42. The van der Waals surface area contributed by atoms with E-state index in [1.807, 2.05) is 85.0 Å². The Labute approximate surface area is 226 Å². The highest BCUT2D eigenvalue weighted by atomic mass is 32.2. The maximum absolute atomic E-state index is 14.4. The number of carbonyl (C=O) groups is 3. The molecule has 1 spiro atoms. The molecular formula is C30H30N2O5S. The van der Waals surface area contributed by atoms with Gasteiger partial charge in [-0.2, -0.15) is 0 Å². The van der Waals surface area contributed by atoms with Crippen molar-refractivity contribution in [3.8, 4) is 0 Å². The maximum atomic E-state index is 14.4. The lowest BCUT2D eigenvalue weighted by Crippen LogP contribution is -2.56. The summed E-state index contributed by atoms with van der Waals surface area (Å²) in [6.45, 7) is 0.698. The monoisotopic (exact) mass is 530 g/mol. The average molecular weight is 531 g/mol. The van der Waals surface area contributed by atoms with Gasteiger partial charge < -0.3 is 19.6 Å². The summed E-state index contributed by atoms with van der Waals surface area (Å²) < 4.78 is 4.52. The molecule has 2 saturated heterocycles. The molecule has 2 fully saturated rings. The first kappa shape index (κ1) is 24.9. The van der Waals surface area contributed by atoms with Gasteiger partial charge in [-0.05, 0) is 17.5 Å². The van der Waals surface area contributed by atoms with Crippen LogP contribution in [0.1, 0.15) is 11.1 Å². The van der Waals surface area contributed by atoms with Crippen LogP contribution in [0.5, 0.6) is 0 Å². The molecule has 1 unspecified atom stereocenters. The first-order chi connectivity index (χ1) is 18.5. The molecule has 7 nitrogen and oxygen atoms in total. The molecule has 0 saturated carbocycles. The standard InChI is InChI=1S/C30H30N2O5S/c33-19-22(17-20-9-3-1-4-10-20)32-26-28(35)31(18-21-11-5-2-6-12-21)15-8-14-30(26)25(27(32)34)24-23(38-30)13-7-16-37-29(24)36/h1-14,22-26,33H,15-19H2/t22-,23+,24-,25+,26?,30+/m1/s1. The number of rotatable bonds is 6. The molecule has 4 aliphatic rings. The van der Waals surface area contributed by atoms with Crippen LogP contribution in [0.3, 0.4) is 0 Å². The number of thioether (sulfide) groups is 1. The summed E-state index contributed by atoms with van der Waals surface area (Å²) in [6.07, 6.45) is 8.12. The van der Waals surface area contributed by atoms with Gasteiger partial charge in [-0.15, -0.1) is 11.8 Å². The summed E-state index contributed by atoms with van der Waals surface area (Å²) in [4.78, 5) is 45.3. The third-order valence-corrected chi connectivity index (χ3v) is 9.81. The van der Waals surface area contributed by atoms with Crippen molar-refractivity contribution >= 4 is 29.5 Å². The van der Waals surface area contributed by atoms with E-state index in [2.05, 4.69) is 0 Å². The highest BCUT2D eigenvalue weighted by Gasteiger charge is 2.71. The number of nitrogens with zero attached hydrogens (tertiary/aromatic N) is 2. The van der Waals surface area contributed by atoms with Gasteiger partial charge in [0.05, 0.1) is 29.2 Å². The van der Waals surface area contributed by atoms with Crippen molar-refractivity contribution in [2.24, 2.45) is 11.8 Å². The molecule has 196 valence electrons. The largest absolute Gasteiger partial charge is 0.461 e. The van der Waals surface area contributed by atoms with Crippen molar-refractivity contribution < 1.29 is 24.2 Å². The van der Waals surface area contributed by atoms with Gasteiger partial charge in [0.25, 0.3) is 0 Å². The lowest BCUT2D eigenvalue weighted by atomic mass is 9.78. The smallest absolute Gasteiger partial charge is 0.311 e. The van der Waals surface area contributed by atoms with E-state index >= 15 is 0 Å². The zero-order valence-electron chi connectivity index (χ0n) is 20.9. The summed E-state index contributed by atoms with van der Waals surface area (Å²) >= 11 is 1.51. The minimum Gasteiger partial charge on any atom is -0.461 e. The normalized spacial score (nSPS) is 30.8. The second-order valence-electron chi connectivity index (χ2n) is 10.3. The van der Waals surface area contributed by atoms with E-state index < -0.39 is 34.6 Å². The van der Waals surface area contributed by atoms with Gasteiger partial charge in [-0.25, -0.2) is 0 Å². The fourth-order valence-electron chi connectivity index (χ4n) is 6.43. The number of benzene rings is 2. The Hall–Kier alpha value is -3.36. The molecular weight excluding hydrogens is 500 g/mol. The number of hydrogen-bond acceptors (Lipinski definition) is 6. The molecule has 0 bridgehead atoms. The van der Waals surface area contributed by atoms with Crippen molar-refractivity contribution in [1.29, 1.82) is 0 Å².